The number of imidazole rings is 1. The van der Waals surface area contributed by atoms with E-state index in [9.17, 15) is 58.5 Å². The Labute approximate surface area is 274 Å². The SMILES string of the molecule is NC(=O)C1=CN([C@@H]2O[C@H](COP(=O)([O-])OP(=O)([O-])OC[C@H]3O[C@@H](n4cnc5c(N)ncnc54)[C@H](OP(=O)([O-])[O-])[C@@H]3O)[C@@H](O)[C@H]2O)C(O)CC1. The van der Waals surface area contributed by atoms with E-state index in [1.54, 1.807) is 0 Å². The van der Waals surface area contributed by atoms with Crippen molar-refractivity contribution in [2.24, 2.45) is 5.73 Å². The summed E-state index contributed by atoms with van der Waals surface area (Å²) in [5.41, 5.74) is 11.0. The minimum atomic E-state index is -5.89. The van der Waals surface area contributed by atoms with Crippen molar-refractivity contribution in [3.05, 3.63) is 24.4 Å². The summed E-state index contributed by atoms with van der Waals surface area (Å²) in [6.07, 6.45) is -12.4. The van der Waals surface area contributed by atoms with Crippen LogP contribution in [0.5, 0.6) is 0 Å². The van der Waals surface area contributed by atoms with E-state index in [2.05, 4.69) is 32.8 Å². The Morgan fingerprint density at radius 3 is 2.16 bits per heavy atom. The van der Waals surface area contributed by atoms with Crippen LogP contribution in [-0.2, 0) is 45.8 Å². The van der Waals surface area contributed by atoms with Crippen LogP contribution in [0, 0.1) is 0 Å². The number of hydrogen-bond acceptors (Lipinski definition) is 23. The van der Waals surface area contributed by atoms with Crippen molar-refractivity contribution in [1.82, 2.24) is 24.4 Å². The molecule has 2 aromatic heterocycles. The predicted molar refractivity (Wildman–Crippen MR) is 145 cm³/mol. The number of aliphatic hydroxyl groups is 4. The maximum atomic E-state index is 12.4. The van der Waals surface area contributed by atoms with Gasteiger partial charge in [0.25, 0.3) is 15.6 Å². The van der Waals surface area contributed by atoms with E-state index in [4.69, 9.17) is 20.9 Å². The summed E-state index contributed by atoms with van der Waals surface area (Å²) in [6.45, 7) is -2.34. The van der Waals surface area contributed by atoms with Gasteiger partial charge in [0.2, 0.25) is 5.91 Å². The first-order chi connectivity index (χ1) is 22.8. The van der Waals surface area contributed by atoms with Crippen LogP contribution in [0.25, 0.3) is 11.2 Å². The van der Waals surface area contributed by atoms with Crippen molar-refractivity contribution in [2.45, 2.75) is 68.1 Å². The zero-order valence-corrected chi connectivity index (χ0v) is 27.2. The van der Waals surface area contributed by atoms with E-state index in [1.807, 2.05) is 0 Å². The Hall–Kier alpha value is -2.51. The highest BCUT2D eigenvalue weighted by Crippen LogP contribution is 2.56. The normalized spacial score (nSPS) is 33.3. The number of nitrogens with two attached hydrogens (primary N) is 2. The lowest BCUT2D eigenvalue weighted by Crippen LogP contribution is -2.48. The molecule has 0 aliphatic carbocycles. The van der Waals surface area contributed by atoms with Gasteiger partial charge in [0.15, 0.2) is 23.9 Å². The number of nitrogens with zero attached hydrogens (tertiary/aromatic N) is 5. The fourth-order valence-corrected chi connectivity index (χ4v) is 7.75. The molecule has 0 saturated carbocycles. The lowest BCUT2D eigenvalue weighted by atomic mass is 10.0. The van der Waals surface area contributed by atoms with E-state index in [-0.39, 0.29) is 35.4 Å². The number of phosphoric ester groups is 3. The summed E-state index contributed by atoms with van der Waals surface area (Å²) >= 11 is 0. The van der Waals surface area contributed by atoms with Crippen LogP contribution in [-0.4, -0.2) is 113 Å². The van der Waals surface area contributed by atoms with Gasteiger partial charge in [0.05, 0.1) is 27.4 Å². The molecule has 25 nitrogen and oxygen atoms in total. The second kappa shape index (κ2) is 14.3. The lowest BCUT2D eigenvalue weighted by molar-refractivity contribution is -0.347. The van der Waals surface area contributed by atoms with Crippen LogP contribution in [0.15, 0.2) is 24.4 Å². The standard InChI is InChI=1S/C21H32N7O18P3/c22-17-12-19(25-6-24-17)28(7-26-12)21-16(45-47(34,35)36)14(31)10(44-21)5-42-49(39,40)46-48(37,38)41-4-9-13(30)15(32)20(43-9)27-3-8(18(23)33)1-2-11(27)29/h3,6-7,9-11,13-16,20-21,29-32H,1-2,4-5H2,(H2,23,33)(H,37,38)(H,39,40)(H2,22,24,25)(H2,34,35,36)/p-4/t9-,10-,11?,13-,14-,15-,16-,20-,21-/m1/s1. The minimum absolute atomic E-state index is 0.000863. The summed E-state index contributed by atoms with van der Waals surface area (Å²) in [5, 5.41) is 41.7. The molecule has 274 valence electrons. The van der Waals surface area contributed by atoms with Gasteiger partial charge >= 0.3 is 0 Å². The third-order valence-corrected chi connectivity index (χ3v) is 10.5. The molecule has 5 heterocycles. The number of aromatic nitrogens is 4. The van der Waals surface area contributed by atoms with Gasteiger partial charge < -0.3 is 84.0 Å². The second-order valence-corrected chi connectivity index (χ2v) is 14.8. The van der Waals surface area contributed by atoms with E-state index < -0.39 is 97.9 Å². The molecule has 1 amide bonds. The second-order valence-electron chi connectivity index (χ2n) is 10.8. The van der Waals surface area contributed by atoms with Crippen molar-refractivity contribution in [1.29, 1.82) is 0 Å². The van der Waals surface area contributed by atoms with Crippen LogP contribution >= 0.6 is 23.5 Å². The summed E-state index contributed by atoms with van der Waals surface area (Å²) < 4.78 is 65.5. The number of hydrogen-bond donors (Lipinski definition) is 6. The highest BCUT2D eigenvalue weighted by Gasteiger charge is 2.49. The fourth-order valence-electron chi connectivity index (χ4n) is 5.21. The first kappa shape index (κ1) is 37.7. The number of amides is 1. The average Bonchev–Trinajstić information content (AvgIpc) is 3.64. The molecular weight excluding hydrogens is 731 g/mol. The van der Waals surface area contributed by atoms with Gasteiger partial charge in [-0.2, -0.15) is 0 Å². The van der Waals surface area contributed by atoms with Gasteiger partial charge in [0.1, 0.15) is 54.7 Å². The van der Waals surface area contributed by atoms with Gasteiger partial charge in [0, 0.05) is 11.8 Å². The molecule has 3 aliphatic rings. The Bertz CT molecular complexity index is 1720. The lowest BCUT2D eigenvalue weighted by Gasteiger charge is -2.36. The van der Waals surface area contributed by atoms with Crippen molar-refractivity contribution in [2.75, 3.05) is 18.9 Å². The quantitative estimate of drug-likeness (QED) is 0.104. The molecule has 49 heavy (non-hydrogen) atoms. The number of nitrogen functional groups attached to an aromatic ring is 1. The Morgan fingerprint density at radius 1 is 0.939 bits per heavy atom. The summed E-state index contributed by atoms with van der Waals surface area (Å²) in [4.78, 5) is 71.7. The zero-order chi connectivity index (χ0) is 36.1. The molecule has 8 N–H and O–H groups in total. The van der Waals surface area contributed by atoms with E-state index in [1.165, 1.54) is 0 Å². The highest BCUT2D eigenvalue weighted by atomic mass is 31.3. The third-order valence-electron chi connectivity index (χ3n) is 7.49. The number of rotatable bonds is 13. The summed E-state index contributed by atoms with van der Waals surface area (Å²) in [5.74, 6) is -0.919. The number of primary amides is 1. The number of ether oxygens (including phenoxy) is 2. The van der Waals surface area contributed by atoms with Gasteiger partial charge in [-0.05, 0) is 12.8 Å². The molecule has 0 aromatic carbocycles. The first-order valence-corrected chi connectivity index (χ1v) is 18.2. The highest BCUT2D eigenvalue weighted by molar-refractivity contribution is 7.59. The monoisotopic (exact) mass is 759 g/mol. The number of carbonyl (C=O) groups is 1. The summed E-state index contributed by atoms with van der Waals surface area (Å²) in [7, 11) is -17.5. The third kappa shape index (κ3) is 8.52. The molecule has 28 heteroatoms. The Morgan fingerprint density at radius 2 is 1.55 bits per heavy atom. The Kier molecular flexibility index (Phi) is 11.0. The smallest absolute Gasteiger partial charge is 0.274 e. The van der Waals surface area contributed by atoms with Crippen molar-refractivity contribution in [3.8, 4) is 0 Å². The van der Waals surface area contributed by atoms with E-state index in [0.29, 0.717) is 0 Å². The largest absolute Gasteiger partial charge is 0.790 e. The van der Waals surface area contributed by atoms with Gasteiger partial charge in [-0.25, -0.2) is 19.3 Å². The number of aliphatic hydroxyl groups excluding tert-OH is 4. The molecule has 11 atom stereocenters. The topological polar surface area (TPSA) is 396 Å². The number of fused-ring (bicyclic) bond motifs is 1. The molecule has 2 fully saturated rings. The van der Waals surface area contributed by atoms with Crippen molar-refractivity contribution >= 4 is 46.4 Å². The molecule has 2 saturated heterocycles. The van der Waals surface area contributed by atoms with Crippen LogP contribution in [0.3, 0.4) is 0 Å². The van der Waals surface area contributed by atoms with Gasteiger partial charge in [-0.3, -0.25) is 18.5 Å². The molecule has 5 rings (SSSR count). The van der Waals surface area contributed by atoms with Gasteiger partial charge in [-0.1, -0.05) is 0 Å². The van der Waals surface area contributed by atoms with Crippen LogP contribution < -0.4 is 31.0 Å². The number of anilines is 1. The molecular formula is C21H28N7O18P3-4. The predicted octanol–water partition coefficient (Wildman–Crippen LogP) is -5.90. The summed E-state index contributed by atoms with van der Waals surface area (Å²) in [6, 6.07) is 0. The zero-order valence-electron chi connectivity index (χ0n) is 24.5. The average molecular weight is 759 g/mol. The maximum Gasteiger partial charge on any atom is 0.274 e. The molecule has 0 bridgehead atoms. The minimum Gasteiger partial charge on any atom is -0.790 e. The van der Waals surface area contributed by atoms with Gasteiger partial charge in [-0.15, -0.1) is 0 Å². The van der Waals surface area contributed by atoms with Crippen molar-refractivity contribution < 1.29 is 85.8 Å². The number of phosphoric acid groups is 3. The molecule has 0 spiro atoms. The molecule has 3 unspecified atom stereocenters. The molecule has 2 aromatic rings. The first-order valence-electron chi connectivity index (χ1n) is 13.8. The Balaban J connectivity index is 1.20. The van der Waals surface area contributed by atoms with Crippen molar-refractivity contribution in [3.63, 3.8) is 0 Å². The van der Waals surface area contributed by atoms with Crippen LogP contribution in [0.1, 0.15) is 19.1 Å². The maximum absolute atomic E-state index is 12.4. The van der Waals surface area contributed by atoms with Crippen LogP contribution in [0.4, 0.5) is 5.82 Å². The fraction of sp³-hybridized carbons (Fsp3) is 0.619. The molecule has 3 aliphatic heterocycles. The van der Waals surface area contributed by atoms with E-state index in [0.717, 1.165) is 28.3 Å². The molecule has 0 radical (unpaired) electrons. The van der Waals surface area contributed by atoms with E-state index >= 15 is 0 Å². The van der Waals surface area contributed by atoms with Crippen LogP contribution in [0.2, 0.25) is 0 Å². The number of carbonyl (C=O) groups excluding carboxylic acids is 1.